The van der Waals surface area contributed by atoms with Crippen LogP contribution in [-0.4, -0.2) is 24.5 Å². The molecule has 1 aliphatic rings. The molecule has 0 aromatic carbocycles. The Balaban J connectivity index is 1.83. The van der Waals surface area contributed by atoms with Gasteiger partial charge in [0.25, 0.3) is 0 Å². The summed E-state index contributed by atoms with van der Waals surface area (Å²) in [5, 5.41) is 0. The predicted octanol–water partition coefficient (Wildman–Crippen LogP) is 1.72. The highest BCUT2D eigenvalue weighted by Crippen LogP contribution is 2.39. The van der Waals surface area contributed by atoms with E-state index in [9.17, 15) is 8.42 Å². The summed E-state index contributed by atoms with van der Waals surface area (Å²) in [5.74, 6) is 1.16. The fraction of sp³-hybridized carbons (Fsp3) is 0.692. The number of rotatable bonds is 7. The summed E-state index contributed by atoms with van der Waals surface area (Å²) in [6.45, 7) is 2.44. The Morgan fingerprint density at radius 1 is 1.50 bits per heavy atom. The van der Waals surface area contributed by atoms with Gasteiger partial charge >= 0.3 is 0 Å². The Labute approximate surface area is 109 Å². The van der Waals surface area contributed by atoms with Crippen molar-refractivity contribution in [3.05, 3.63) is 24.0 Å². The summed E-state index contributed by atoms with van der Waals surface area (Å²) in [6, 6.07) is 2.21. The average Bonchev–Trinajstić information content (AvgIpc) is 3.08. The Bertz CT molecular complexity index is 489. The molecule has 0 amide bonds. The summed E-state index contributed by atoms with van der Waals surface area (Å²) >= 11 is 0. The first-order valence-corrected chi connectivity index (χ1v) is 8.45. The first-order valence-electron chi connectivity index (χ1n) is 6.63. The normalized spacial score (nSPS) is 17.9. The lowest BCUT2D eigenvalue weighted by Gasteiger charge is -2.07. The van der Waals surface area contributed by atoms with E-state index in [2.05, 4.69) is 12.3 Å². The van der Waals surface area contributed by atoms with Crippen LogP contribution < -0.4 is 5.73 Å². The molecule has 1 aromatic heterocycles. The third kappa shape index (κ3) is 3.59. The minimum Gasteiger partial charge on any atom is -0.354 e. The molecule has 0 aliphatic heterocycles. The number of aryl methyl sites for hydroxylation is 1. The van der Waals surface area contributed by atoms with Gasteiger partial charge in [-0.15, -0.1) is 0 Å². The van der Waals surface area contributed by atoms with Gasteiger partial charge in [-0.1, -0.05) is 6.92 Å². The Hall–Kier alpha value is -0.810. The van der Waals surface area contributed by atoms with E-state index in [0.717, 1.165) is 6.54 Å². The largest absolute Gasteiger partial charge is 0.354 e. The summed E-state index contributed by atoms with van der Waals surface area (Å²) in [7, 11) is -2.84. The van der Waals surface area contributed by atoms with Gasteiger partial charge in [0.2, 0.25) is 0 Å². The second-order valence-corrected chi connectivity index (χ2v) is 7.61. The molecule has 1 aromatic rings. The third-order valence-corrected chi connectivity index (χ3v) is 5.39. The first-order chi connectivity index (χ1) is 8.52. The molecule has 102 valence electrons. The van der Waals surface area contributed by atoms with Crippen molar-refractivity contribution >= 4 is 9.84 Å². The first kappa shape index (κ1) is 13.6. The van der Waals surface area contributed by atoms with Crippen molar-refractivity contribution in [2.45, 2.75) is 38.8 Å². The maximum Gasteiger partial charge on any atom is 0.150 e. The van der Waals surface area contributed by atoms with Gasteiger partial charge in [-0.05, 0) is 36.8 Å². The maximum atomic E-state index is 11.4. The van der Waals surface area contributed by atoms with Crippen LogP contribution in [0.25, 0.3) is 0 Å². The van der Waals surface area contributed by atoms with E-state index in [1.54, 1.807) is 6.92 Å². The molecule has 5 heteroatoms. The van der Waals surface area contributed by atoms with Crippen molar-refractivity contribution in [2.24, 2.45) is 11.7 Å². The standard InChI is InChI=1S/C13H22N2O2S/c1-2-18(16,17)9-3-7-15-8-6-12(10-15)13(14)11-4-5-11/h6,8,10-11,13H,2-5,7,9,14H2,1H3. The molecule has 1 heterocycles. The van der Waals surface area contributed by atoms with Gasteiger partial charge in [0.15, 0.2) is 0 Å². The lowest BCUT2D eigenvalue weighted by Crippen LogP contribution is -2.12. The van der Waals surface area contributed by atoms with E-state index in [-0.39, 0.29) is 17.5 Å². The lowest BCUT2D eigenvalue weighted by atomic mass is 10.1. The van der Waals surface area contributed by atoms with Crippen molar-refractivity contribution < 1.29 is 8.42 Å². The number of hydrogen-bond acceptors (Lipinski definition) is 3. The molecule has 1 atom stereocenters. The molecule has 2 rings (SSSR count). The molecule has 0 bridgehead atoms. The quantitative estimate of drug-likeness (QED) is 0.820. The molecule has 1 fully saturated rings. The molecule has 2 N–H and O–H groups in total. The van der Waals surface area contributed by atoms with Crippen molar-refractivity contribution in [3.63, 3.8) is 0 Å². The maximum absolute atomic E-state index is 11.4. The molecule has 0 spiro atoms. The Morgan fingerprint density at radius 2 is 2.22 bits per heavy atom. The van der Waals surface area contributed by atoms with E-state index in [0.29, 0.717) is 12.3 Å². The van der Waals surface area contributed by atoms with Crippen molar-refractivity contribution in [1.82, 2.24) is 4.57 Å². The van der Waals surface area contributed by atoms with E-state index in [1.807, 2.05) is 10.8 Å². The summed E-state index contributed by atoms with van der Waals surface area (Å²) < 4.78 is 24.8. The van der Waals surface area contributed by atoms with Crippen LogP contribution >= 0.6 is 0 Å². The molecule has 0 saturated heterocycles. The molecule has 0 radical (unpaired) electrons. The van der Waals surface area contributed by atoms with E-state index in [4.69, 9.17) is 5.73 Å². The zero-order chi connectivity index (χ0) is 13.2. The molecule has 1 aliphatic carbocycles. The number of aromatic nitrogens is 1. The minimum absolute atomic E-state index is 0.158. The van der Waals surface area contributed by atoms with Gasteiger partial charge in [-0.2, -0.15) is 0 Å². The fourth-order valence-corrected chi connectivity index (χ4v) is 2.99. The second kappa shape index (κ2) is 5.45. The number of sulfone groups is 1. The summed E-state index contributed by atoms with van der Waals surface area (Å²) in [4.78, 5) is 0. The molecular weight excluding hydrogens is 248 g/mol. The number of nitrogens with zero attached hydrogens (tertiary/aromatic N) is 1. The topological polar surface area (TPSA) is 65.1 Å². The van der Waals surface area contributed by atoms with Gasteiger partial charge in [0, 0.05) is 30.7 Å². The summed E-state index contributed by atoms with van der Waals surface area (Å²) in [6.07, 6.45) is 7.20. The Kier molecular flexibility index (Phi) is 4.12. The van der Waals surface area contributed by atoms with Crippen LogP contribution in [0.4, 0.5) is 0 Å². The monoisotopic (exact) mass is 270 g/mol. The molecular formula is C13H22N2O2S. The van der Waals surface area contributed by atoms with Gasteiger partial charge in [-0.3, -0.25) is 0 Å². The fourth-order valence-electron chi connectivity index (χ4n) is 2.13. The van der Waals surface area contributed by atoms with E-state index >= 15 is 0 Å². The summed E-state index contributed by atoms with van der Waals surface area (Å²) in [5.41, 5.74) is 7.30. The highest BCUT2D eigenvalue weighted by Gasteiger charge is 2.29. The van der Waals surface area contributed by atoms with Gasteiger partial charge in [0.1, 0.15) is 9.84 Å². The van der Waals surface area contributed by atoms with Crippen molar-refractivity contribution in [2.75, 3.05) is 11.5 Å². The van der Waals surface area contributed by atoms with Gasteiger partial charge < -0.3 is 10.3 Å². The molecule has 1 saturated carbocycles. The van der Waals surface area contributed by atoms with Crippen LogP contribution in [0.3, 0.4) is 0 Å². The number of nitrogens with two attached hydrogens (primary N) is 1. The van der Waals surface area contributed by atoms with Crippen LogP contribution in [0.15, 0.2) is 18.5 Å². The molecule has 18 heavy (non-hydrogen) atoms. The molecule has 1 unspecified atom stereocenters. The van der Waals surface area contributed by atoms with Crippen LogP contribution in [0, 0.1) is 5.92 Å². The zero-order valence-electron chi connectivity index (χ0n) is 10.9. The predicted molar refractivity (Wildman–Crippen MR) is 73.0 cm³/mol. The van der Waals surface area contributed by atoms with Gasteiger partial charge in [-0.25, -0.2) is 8.42 Å². The zero-order valence-corrected chi connectivity index (χ0v) is 11.7. The number of hydrogen-bond donors (Lipinski definition) is 1. The third-order valence-electron chi connectivity index (χ3n) is 3.60. The highest BCUT2D eigenvalue weighted by molar-refractivity contribution is 7.91. The van der Waals surface area contributed by atoms with Crippen molar-refractivity contribution in [1.29, 1.82) is 0 Å². The molecule has 4 nitrogen and oxygen atoms in total. The van der Waals surface area contributed by atoms with Crippen molar-refractivity contribution in [3.8, 4) is 0 Å². The highest BCUT2D eigenvalue weighted by atomic mass is 32.2. The van der Waals surface area contributed by atoms with Gasteiger partial charge in [0.05, 0.1) is 5.75 Å². The smallest absolute Gasteiger partial charge is 0.150 e. The van der Waals surface area contributed by atoms with Crippen LogP contribution in [0.5, 0.6) is 0 Å². The minimum atomic E-state index is -2.84. The van der Waals surface area contributed by atoms with Crippen LogP contribution in [0.1, 0.15) is 37.8 Å². The Morgan fingerprint density at radius 3 is 2.83 bits per heavy atom. The van der Waals surface area contributed by atoms with E-state index < -0.39 is 9.84 Å². The lowest BCUT2D eigenvalue weighted by molar-refractivity contribution is 0.586. The van der Waals surface area contributed by atoms with Crippen LogP contribution in [0.2, 0.25) is 0 Å². The second-order valence-electron chi connectivity index (χ2n) is 5.14. The average molecular weight is 270 g/mol. The van der Waals surface area contributed by atoms with Crippen LogP contribution in [-0.2, 0) is 16.4 Å². The SMILES string of the molecule is CCS(=O)(=O)CCCn1ccc(C(N)C2CC2)c1. The van der Waals surface area contributed by atoms with E-state index in [1.165, 1.54) is 18.4 Å².